The van der Waals surface area contributed by atoms with Crippen LogP contribution in [0.1, 0.15) is 37.7 Å². The van der Waals surface area contributed by atoms with Gasteiger partial charge in [0.15, 0.2) is 0 Å². The van der Waals surface area contributed by atoms with Crippen LogP contribution in [0.5, 0.6) is 0 Å². The second-order valence-corrected chi connectivity index (χ2v) is 8.10. The Morgan fingerprint density at radius 3 is 2.07 bits per heavy atom. The van der Waals surface area contributed by atoms with Crippen LogP contribution < -0.4 is 0 Å². The first-order valence-electron chi connectivity index (χ1n) is 10.1. The Balaban J connectivity index is 1.30. The van der Waals surface area contributed by atoms with Crippen molar-refractivity contribution in [2.24, 2.45) is 0 Å². The molecule has 1 aliphatic carbocycles. The van der Waals surface area contributed by atoms with Crippen LogP contribution in [0.4, 0.5) is 4.39 Å². The number of hydrogen-bond acceptors (Lipinski definition) is 3. The molecule has 0 spiro atoms. The van der Waals surface area contributed by atoms with E-state index in [0.29, 0.717) is 19.6 Å². The van der Waals surface area contributed by atoms with Crippen molar-refractivity contribution >= 4 is 11.8 Å². The molecule has 5 nitrogen and oxygen atoms in total. The second kappa shape index (κ2) is 7.58. The Hall–Kier alpha value is -1.95. The van der Waals surface area contributed by atoms with E-state index in [4.69, 9.17) is 0 Å². The summed E-state index contributed by atoms with van der Waals surface area (Å²) in [5.74, 6) is 0.115. The van der Waals surface area contributed by atoms with Crippen LogP contribution in [0.15, 0.2) is 24.3 Å². The fourth-order valence-electron chi connectivity index (χ4n) is 4.37. The zero-order valence-corrected chi connectivity index (χ0v) is 15.8. The van der Waals surface area contributed by atoms with Gasteiger partial charge < -0.3 is 9.80 Å². The van der Waals surface area contributed by atoms with Crippen molar-refractivity contribution in [1.82, 2.24) is 14.7 Å². The molecule has 1 aromatic rings. The minimum Gasteiger partial charge on any atom is -0.342 e. The lowest BCUT2D eigenvalue weighted by Crippen LogP contribution is -2.53. The molecule has 0 radical (unpaired) electrons. The number of rotatable bonds is 4. The average Bonchev–Trinajstić information content (AvgIpc) is 3.51. The van der Waals surface area contributed by atoms with Crippen molar-refractivity contribution in [3.63, 3.8) is 0 Å². The number of benzene rings is 1. The number of carbonyl (C=O) groups is 2. The third-order valence-electron chi connectivity index (χ3n) is 6.28. The number of piperazine rings is 1. The molecular formula is C21H28FN3O2. The highest BCUT2D eigenvalue weighted by Crippen LogP contribution is 2.49. The highest BCUT2D eigenvalue weighted by atomic mass is 19.1. The van der Waals surface area contributed by atoms with E-state index in [0.717, 1.165) is 57.4 Å². The molecule has 0 N–H and O–H groups in total. The number of nitrogens with zero attached hydrogens (tertiary/aromatic N) is 3. The Bertz CT molecular complexity index is 688. The third-order valence-corrected chi connectivity index (χ3v) is 6.28. The lowest BCUT2D eigenvalue weighted by atomic mass is 9.94. The molecule has 2 saturated heterocycles. The van der Waals surface area contributed by atoms with E-state index >= 15 is 0 Å². The first-order valence-corrected chi connectivity index (χ1v) is 10.1. The van der Waals surface area contributed by atoms with Gasteiger partial charge in [0.1, 0.15) is 5.82 Å². The Morgan fingerprint density at radius 1 is 0.852 bits per heavy atom. The summed E-state index contributed by atoms with van der Waals surface area (Å²) in [6.45, 7) is 5.04. The third kappa shape index (κ3) is 3.86. The van der Waals surface area contributed by atoms with Crippen molar-refractivity contribution in [2.75, 3.05) is 45.8 Å². The van der Waals surface area contributed by atoms with Crippen molar-refractivity contribution in [3.8, 4) is 0 Å². The molecule has 0 bridgehead atoms. The number of halogens is 1. The van der Waals surface area contributed by atoms with Crippen LogP contribution in [0.25, 0.3) is 0 Å². The zero-order valence-electron chi connectivity index (χ0n) is 15.8. The predicted octanol–water partition coefficient (Wildman–Crippen LogP) is 2.01. The molecule has 6 heteroatoms. The monoisotopic (exact) mass is 373 g/mol. The van der Waals surface area contributed by atoms with Gasteiger partial charge in [-0.3, -0.25) is 14.5 Å². The van der Waals surface area contributed by atoms with E-state index in [1.807, 2.05) is 9.80 Å². The van der Waals surface area contributed by atoms with E-state index in [-0.39, 0.29) is 17.6 Å². The van der Waals surface area contributed by atoms with Gasteiger partial charge in [0.25, 0.3) is 0 Å². The molecule has 146 valence electrons. The van der Waals surface area contributed by atoms with Crippen molar-refractivity contribution in [3.05, 3.63) is 35.6 Å². The summed E-state index contributed by atoms with van der Waals surface area (Å²) in [5.41, 5.74) is 0.482. The van der Waals surface area contributed by atoms with E-state index in [2.05, 4.69) is 4.90 Å². The minimum absolute atomic E-state index is 0.163. The molecule has 3 fully saturated rings. The molecule has 1 saturated carbocycles. The molecule has 1 aromatic carbocycles. The number of piperidine rings is 1. The highest BCUT2D eigenvalue weighted by molar-refractivity contribution is 5.91. The van der Waals surface area contributed by atoms with Crippen molar-refractivity contribution < 1.29 is 14.0 Å². The lowest BCUT2D eigenvalue weighted by molar-refractivity contribution is -0.137. The fraction of sp³-hybridized carbons (Fsp3) is 0.619. The van der Waals surface area contributed by atoms with Gasteiger partial charge in [0, 0.05) is 39.3 Å². The van der Waals surface area contributed by atoms with E-state index < -0.39 is 5.41 Å². The molecule has 27 heavy (non-hydrogen) atoms. The first kappa shape index (κ1) is 18.4. The summed E-state index contributed by atoms with van der Waals surface area (Å²) >= 11 is 0. The fourth-order valence-corrected chi connectivity index (χ4v) is 4.37. The number of amides is 2. The molecule has 3 aliphatic rings. The van der Waals surface area contributed by atoms with Crippen molar-refractivity contribution in [2.45, 2.75) is 37.5 Å². The lowest BCUT2D eigenvalue weighted by Gasteiger charge is -2.37. The minimum atomic E-state index is -0.445. The molecule has 2 aliphatic heterocycles. The van der Waals surface area contributed by atoms with Crippen molar-refractivity contribution in [1.29, 1.82) is 0 Å². The summed E-state index contributed by atoms with van der Waals surface area (Å²) in [5, 5.41) is 0. The maximum Gasteiger partial charge on any atom is 0.236 e. The molecular weight excluding hydrogens is 345 g/mol. The predicted molar refractivity (Wildman–Crippen MR) is 101 cm³/mol. The maximum absolute atomic E-state index is 13.2. The number of likely N-dealkylation sites (tertiary alicyclic amines) is 1. The van der Waals surface area contributed by atoms with Crippen LogP contribution in [-0.4, -0.2) is 72.3 Å². The second-order valence-electron chi connectivity index (χ2n) is 8.10. The van der Waals surface area contributed by atoms with Gasteiger partial charge in [0.05, 0.1) is 12.0 Å². The van der Waals surface area contributed by atoms with Crippen LogP contribution in [0.3, 0.4) is 0 Å². The standard InChI is InChI=1S/C21H28FN3O2/c22-18-6-4-17(5-7-18)21(8-9-21)20(27)25-14-12-23(13-15-25)16-19(26)24-10-2-1-3-11-24/h4-7H,1-3,8-16H2. The summed E-state index contributed by atoms with van der Waals surface area (Å²) in [4.78, 5) is 31.6. The number of carbonyl (C=O) groups excluding carboxylic acids is 2. The normalized spacial score (nSPS) is 22.6. The maximum atomic E-state index is 13.2. The summed E-state index contributed by atoms with van der Waals surface area (Å²) in [6, 6.07) is 6.36. The summed E-state index contributed by atoms with van der Waals surface area (Å²) in [7, 11) is 0. The summed E-state index contributed by atoms with van der Waals surface area (Å²) < 4.78 is 13.2. The Kier molecular flexibility index (Phi) is 5.17. The van der Waals surface area contributed by atoms with E-state index in [1.54, 1.807) is 12.1 Å². The molecule has 2 heterocycles. The molecule has 0 aromatic heterocycles. The van der Waals surface area contributed by atoms with Gasteiger partial charge in [-0.1, -0.05) is 12.1 Å². The van der Waals surface area contributed by atoms with Crippen LogP contribution in [0, 0.1) is 5.82 Å². The van der Waals surface area contributed by atoms with Gasteiger partial charge in [-0.05, 0) is 49.8 Å². The van der Waals surface area contributed by atoms with E-state index in [1.165, 1.54) is 18.6 Å². The molecule has 2 amide bonds. The van der Waals surface area contributed by atoms with Crippen LogP contribution in [-0.2, 0) is 15.0 Å². The largest absolute Gasteiger partial charge is 0.342 e. The first-order chi connectivity index (χ1) is 13.1. The number of hydrogen-bond donors (Lipinski definition) is 0. The highest BCUT2D eigenvalue weighted by Gasteiger charge is 2.53. The average molecular weight is 373 g/mol. The molecule has 0 unspecified atom stereocenters. The van der Waals surface area contributed by atoms with Gasteiger partial charge in [0.2, 0.25) is 11.8 Å². The Labute approximate surface area is 160 Å². The summed E-state index contributed by atoms with van der Waals surface area (Å²) in [6.07, 6.45) is 5.12. The van der Waals surface area contributed by atoms with Gasteiger partial charge in [-0.25, -0.2) is 4.39 Å². The van der Waals surface area contributed by atoms with Crippen LogP contribution >= 0.6 is 0 Å². The molecule has 4 rings (SSSR count). The van der Waals surface area contributed by atoms with Crippen LogP contribution in [0.2, 0.25) is 0 Å². The van der Waals surface area contributed by atoms with Gasteiger partial charge in [-0.15, -0.1) is 0 Å². The zero-order chi connectivity index (χ0) is 18.9. The quantitative estimate of drug-likeness (QED) is 0.811. The van der Waals surface area contributed by atoms with E-state index in [9.17, 15) is 14.0 Å². The molecule has 0 atom stereocenters. The SMILES string of the molecule is O=C(CN1CCN(C(=O)C2(c3ccc(F)cc3)CC2)CC1)N1CCCCC1. The Morgan fingerprint density at radius 2 is 1.48 bits per heavy atom. The van der Waals surface area contributed by atoms with Gasteiger partial charge >= 0.3 is 0 Å². The smallest absolute Gasteiger partial charge is 0.236 e. The topological polar surface area (TPSA) is 43.9 Å². The van der Waals surface area contributed by atoms with Gasteiger partial charge in [-0.2, -0.15) is 0 Å².